The molecule has 0 radical (unpaired) electrons. The molecule has 24 unspecified atom stereocenters. The van der Waals surface area contributed by atoms with Crippen molar-refractivity contribution in [1.29, 1.82) is 0 Å². The second kappa shape index (κ2) is 44.6. The van der Waals surface area contributed by atoms with Gasteiger partial charge in [-0.1, -0.05) is 225 Å². The first-order valence-electron chi connectivity index (χ1n) is 42.7. The number of nitrogens with zero attached hydrogens (tertiary/aromatic N) is 3. The van der Waals surface area contributed by atoms with E-state index in [9.17, 15) is 4.39 Å². The van der Waals surface area contributed by atoms with Crippen molar-refractivity contribution in [3.05, 3.63) is 111 Å². The standard InChI is InChI=1S/C30H47NSi.C29H44FNSi.C26H47NSi.6CH3.6ClH.3Zr/c1-21-17-18-27-26(19-21)28-29(31(27)20-22-11-5-4-6-12-22)24-15-9-10-16-25(24)30(28)32(2,3)23-13-7-8-14-23;1-19-12-17-26-25(18-19)27-28(31(26)21-15-13-20(30)14-16-21)23-10-6-7-11-24(23)29(27)32(2,3)22-8-4-5-9-22;1-17(2)27-23-15-14-18(3)16-22(23)24-25(27)20-12-8-9-13-21(20)26(24)28(4,5)19-10-6-7-11-19;;;;;;;;;;;;;;;/h4-6,11-12,21,23-30H,7-10,13-20H2,1-3H3;13-16,19,22-29H,4-12,17-18H2,1-3H3;17-26H,6-16H2,1-5H3;6*1H3;6*1H;;;/q;;;6*-1;;;;;;;3*+4/p-6. The molecule has 16 heteroatoms. The molecule has 17 rings (SSSR count). The summed E-state index contributed by atoms with van der Waals surface area (Å²) in [4.78, 5) is 9.19. The van der Waals surface area contributed by atoms with Crippen LogP contribution in [0.3, 0.4) is 0 Å². The summed E-state index contributed by atoms with van der Waals surface area (Å²) < 4.78 is 13.9. The molecule has 2 aromatic carbocycles. The maximum absolute atomic E-state index is 13.9. The first-order chi connectivity index (χ1) is 48.7. The summed E-state index contributed by atoms with van der Waals surface area (Å²) in [5, 5.41) is 0. The van der Waals surface area contributed by atoms with Gasteiger partial charge in [0, 0.05) is 54.5 Å². The predicted octanol–water partition coefficient (Wildman–Crippen LogP) is 30.6. The number of hydrogen-bond acceptors (Lipinski definition) is 3. The van der Waals surface area contributed by atoms with Crippen molar-refractivity contribution in [3.63, 3.8) is 0 Å². The molecule has 3 heterocycles. The van der Waals surface area contributed by atoms with Crippen LogP contribution in [0.25, 0.3) is 0 Å². The Labute approximate surface area is 721 Å². The molecule has 0 aromatic heterocycles. The SMILES string of the molecule is CC1CCC2C(C1)C1C(C3CCCCC3C1[Si](C)(C)C1CCCC1)N2C(C)C.CC1CCC2C(C1)C1C(C3CCCCC3C1[Si](C)(C)C1CCCC1)N2Cc1ccccc1.CC1CCC2C(C1)C1C(C3CCCCC3C1[Si](C)(C)C1CCCC1)N2c1ccc(F)cc1.[CH3-].[CH3-].[CH3-].[CH3-].[CH3-].[CH3-].[Cl][Zr+2][Cl].[Cl][Zr+2][Cl].[Cl][Zr+2][Cl]. The number of rotatable bonds is 10. The van der Waals surface area contributed by atoms with E-state index in [0.29, 0.717) is 6.04 Å². The van der Waals surface area contributed by atoms with Crippen molar-refractivity contribution in [2.24, 2.45) is 88.8 Å². The molecule has 12 aliphatic carbocycles. The quantitative estimate of drug-likeness (QED) is 0.173. The van der Waals surface area contributed by atoms with Gasteiger partial charge >= 0.3 is 114 Å². The average molecular weight is 1880 g/mol. The van der Waals surface area contributed by atoms with Gasteiger partial charge in [0.1, 0.15) is 5.82 Å². The second-order valence-corrected chi connectivity index (χ2v) is 65.8. The summed E-state index contributed by atoms with van der Waals surface area (Å²) in [5.41, 5.74) is 9.49. The van der Waals surface area contributed by atoms with Crippen LogP contribution in [-0.4, -0.2) is 76.3 Å². The van der Waals surface area contributed by atoms with E-state index in [2.05, 4.69) is 131 Å². The molecule has 0 spiro atoms. The van der Waals surface area contributed by atoms with Crippen LogP contribution in [0.15, 0.2) is 54.6 Å². The molecule has 608 valence electrons. The first-order valence-corrected chi connectivity index (χ1v) is 71.1. The third-order valence-electron chi connectivity index (χ3n) is 33.5. The van der Waals surface area contributed by atoms with Crippen LogP contribution in [0.5, 0.6) is 0 Å². The van der Waals surface area contributed by atoms with Crippen molar-refractivity contribution in [3.8, 4) is 0 Å². The molecule has 12 saturated carbocycles. The molecule has 24 atom stereocenters. The van der Waals surface area contributed by atoms with Gasteiger partial charge in [0.2, 0.25) is 0 Å². The Balaban J connectivity index is 0.000000232. The number of benzene rings is 2. The van der Waals surface area contributed by atoms with Crippen molar-refractivity contribution in [2.75, 3.05) is 4.90 Å². The summed E-state index contributed by atoms with van der Waals surface area (Å²) >= 11 is -2.48. The van der Waals surface area contributed by atoms with Gasteiger partial charge < -0.3 is 49.5 Å². The van der Waals surface area contributed by atoms with E-state index >= 15 is 0 Å². The molecule has 15 fully saturated rings. The number of anilines is 1. The second-order valence-electron chi connectivity index (χ2n) is 39.3. The van der Waals surface area contributed by atoms with Crippen molar-refractivity contribution in [2.45, 2.75) is 368 Å². The zero-order valence-corrected chi connectivity index (χ0v) is 85.8. The van der Waals surface area contributed by atoms with Gasteiger partial charge in [0.05, 0.1) is 24.2 Å². The van der Waals surface area contributed by atoms with Crippen molar-refractivity contribution >= 4 is 81.0 Å². The van der Waals surface area contributed by atoms with Crippen LogP contribution < -0.4 is 4.90 Å². The van der Waals surface area contributed by atoms with Gasteiger partial charge in [-0.3, -0.25) is 9.80 Å². The summed E-state index contributed by atoms with van der Waals surface area (Å²) in [5.74, 6) is 14.7. The van der Waals surface area contributed by atoms with Crippen LogP contribution in [0.2, 0.25) is 72.5 Å². The molecule has 107 heavy (non-hydrogen) atoms. The minimum absolute atomic E-state index is 0. The Morgan fingerprint density at radius 3 is 1.07 bits per heavy atom. The molecule has 3 nitrogen and oxygen atoms in total. The zero-order valence-electron chi connectivity index (χ0n) is 70.9. The van der Waals surface area contributed by atoms with Crippen LogP contribution >= 0.6 is 51.1 Å². The van der Waals surface area contributed by atoms with E-state index in [4.69, 9.17) is 51.1 Å². The van der Waals surface area contributed by atoms with Gasteiger partial charge in [0.15, 0.2) is 0 Å². The Hall–Kier alpha value is 3.13. The van der Waals surface area contributed by atoms with Gasteiger partial charge in [-0.15, -0.1) is 0 Å². The van der Waals surface area contributed by atoms with E-state index in [0.717, 1.165) is 158 Å². The van der Waals surface area contributed by atoms with Crippen LogP contribution in [0.1, 0.15) is 252 Å². The number of hydrogen-bond donors (Lipinski definition) is 0. The van der Waals surface area contributed by atoms with Crippen LogP contribution in [-0.2, 0) is 69.1 Å². The fraction of sp³-hybridized carbons (Fsp3) is 0.802. The Morgan fingerprint density at radius 1 is 0.374 bits per heavy atom. The summed E-state index contributed by atoms with van der Waals surface area (Å²) in [6, 6.07) is 25.0. The zero-order chi connectivity index (χ0) is 71.7. The third-order valence-corrected chi connectivity index (χ3v) is 49.2. The van der Waals surface area contributed by atoms with E-state index in [1.54, 1.807) is 75.5 Å². The fourth-order valence-corrected chi connectivity index (χ4v) is 46.5. The summed E-state index contributed by atoms with van der Waals surface area (Å²) in [6.07, 6.45) is 49.9. The molecule has 2 aromatic rings. The summed E-state index contributed by atoms with van der Waals surface area (Å²) in [6.45, 7) is 31.1. The Bertz CT molecular complexity index is 2850. The van der Waals surface area contributed by atoms with E-state index in [1.165, 1.54) is 166 Å². The van der Waals surface area contributed by atoms with Gasteiger partial charge in [-0.05, 0) is 243 Å². The van der Waals surface area contributed by atoms with Gasteiger partial charge in [-0.2, -0.15) is 0 Å². The third kappa shape index (κ3) is 20.7. The molecule has 0 bridgehead atoms. The molecule has 0 N–H and O–H groups in total. The molecule has 3 saturated heterocycles. The molecule has 3 aliphatic heterocycles. The monoisotopic (exact) mass is 1870 g/mol. The van der Waals surface area contributed by atoms with Gasteiger partial charge in [0.25, 0.3) is 0 Å². The minimum atomic E-state index is -1.36. The topological polar surface area (TPSA) is 9.72 Å². The molecular formula is C91H156Cl6FN3Si3Zr3. The molecule has 0 amide bonds. The van der Waals surface area contributed by atoms with E-state index < -0.39 is 86.8 Å². The normalized spacial score (nSPS) is 38.0. The predicted molar refractivity (Wildman–Crippen MR) is 471 cm³/mol. The van der Waals surface area contributed by atoms with Crippen molar-refractivity contribution in [1.82, 2.24) is 9.80 Å². The maximum atomic E-state index is 13.9. The summed E-state index contributed by atoms with van der Waals surface area (Å²) in [7, 11) is 25.7. The Kier molecular flexibility index (Phi) is 41.3. The molecule has 15 aliphatic rings. The van der Waals surface area contributed by atoms with Crippen LogP contribution in [0.4, 0.5) is 10.1 Å². The number of likely N-dealkylation sites (tertiary alicyclic amines) is 2. The van der Waals surface area contributed by atoms with Crippen LogP contribution in [0, 0.1) is 139 Å². The average Bonchev–Trinajstić information content (AvgIpc) is 1.61. The van der Waals surface area contributed by atoms with Crippen molar-refractivity contribution < 1.29 is 66.9 Å². The van der Waals surface area contributed by atoms with E-state index in [-0.39, 0.29) is 50.4 Å². The first kappa shape index (κ1) is 99.0. The number of halogens is 7. The molecular weight excluding hydrogens is 1720 g/mol. The number of fused-ring (bicyclic) bond motifs is 15. The fourth-order valence-electron chi connectivity index (χ4n) is 30.3. The van der Waals surface area contributed by atoms with Gasteiger partial charge in [-0.25, -0.2) is 4.39 Å². The van der Waals surface area contributed by atoms with E-state index in [1.807, 2.05) is 0 Å². The Morgan fingerprint density at radius 2 is 0.682 bits per heavy atom.